The van der Waals surface area contributed by atoms with Crippen molar-refractivity contribution in [2.45, 2.75) is 6.54 Å². The number of hydrogen-bond acceptors (Lipinski definition) is 5. The Morgan fingerprint density at radius 1 is 1.44 bits per heavy atom. The van der Waals surface area contributed by atoms with E-state index in [1.165, 1.54) is 4.88 Å². The molecular formula is C11H13N3OS. The molecule has 0 atom stereocenters. The average Bonchev–Trinajstić information content (AvgIpc) is 2.81. The van der Waals surface area contributed by atoms with E-state index in [1.54, 1.807) is 30.6 Å². The van der Waals surface area contributed by atoms with Gasteiger partial charge >= 0.3 is 0 Å². The molecule has 84 valence electrons. The lowest BCUT2D eigenvalue weighted by molar-refractivity contribution is 0.398. The van der Waals surface area contributed by atoms with E-state index in [0.29, 0.717) is 17.4 Å². The lowest BCUT2D eigenvalue weighted by atomic mass is 10.3. The van der Waals surface area contributed by atoms with Gasteiger partial charge in [-0.25, -0.2) is 0 Å². The van der Waals surface area contributed by atoms with Gasteiger partial charge in [-0.05, 0) is 17.5 Å². The largest absolute Gasteiger partial charge is 0.481 e. The van der Waals surface area contributed by atoms with Crippen LogP contribution in [0.4, 0.5) is 11.5 Å². The molecule has 0 unspecified atom stereocenters. The Morgan fingerprint density at radius 3 is 3.00 bits per heavy atom. The summed E-state index contributed by atoms with van der Waals surface area (Å²) in [6, 6.07) is 7.60. The molecule has 0 saturated carbocycles. The molecule has 0 aliphatic heterocycles. The van der Waals surface area contributed by atoms with Gasteiger partial charge in [0.2, 0.25) is 5.88 Å². The number of anilines is 2. The Bertz CT molecular complexity index is 456. The molecule has 0 bridgehead atoms. The predicted molar refractivity (Wildman–Crippen MR) is 66.8 cm³/mol. The molecule has 0 aliphatic rings. The lowest BCUT2D eigenvalue weighted by Crippen LogP contribution is -2.04. The molecule has 0 aromatic carbocycles. The van der Waals surface area contributed by atoms with Crippen molar-refractivity contribution < 1.29 is 4.74 Å². The maximum Gasteiger partial charge on any atom is 0.215 e. The minimum absolute atomic E-state index is 0.558. The van der Waals surface area contributed by atoms with E-state index < -0.39 is 0 Å². The summed E-state index contributed by atoms with van der Waals surface area (Å²) >= 11 is 1.70. The Hall–Kier alpha value is -1.75. The first-order valence-electron chi connectivity index (χ1n) is 4.86. The van der Waals surface area contributed by atoms with Crippen molar-refractivity contribution in [2.75, 3.05) is 18.2 Å². The van der Waals surface area contributed by atoms with Crippen LogP contribution in [0, 0.1) is 0 Å². The van der Waals surface area contributed by atoms with Crippen LogP contribution in [0.3, 0.4) is 0 Å². The highest BCUT2D eigenvalue weighted by Crippen LogP contribution is 2.20. The molecule has 0 amide bonds. The minimum atomic E-state index is 0.558. The fourth-order valence-electron chi connectivity index (χ4n) is 1.29. The molecule has 2 rings (SSSR count). The number of nitrogen functional groups attached to an aromatic ring is 1. The molecule has 0 saturated heterocycles. The summed E-state index contributed by atoms with van der Waals surface area (Å²) < 4.78 is 5.04. The zero-order chi connectivity index (χ0) is 11.4. The third-order valence-electron chi connectivity index (χ3n) is 2.12. The number of nitrogens with one attached hydrogen (secondary N) is 1. The molecule has 3 N–H and O–H groups in total. The molecule has 0 radical (unpaired) electrons. The topological polar surface area (TPSA) is 60.2 Å². The van der Waals surface area contributed by atoms with E-state index >= 15 is 0 Å². The Morgan fingerprint density at radius 2 is 2.31 bits per heavy atom. The number of nitrogens with zero attached hydrogens (tertiary/aromatic N) is 1. The molecular weight excluding hydrogens is 222 g/mol. The van der Waals surface area contributed by atoms with E-state index in [-0.39, 0.29) is 0 Å². The van der Waals surface area contributed by atoms with Gasteiger partial charge in [-0.3, -0.25) is 0 Å². The van der Waals surface area contributed by atoms with Gasteiger partial charge in [0.1, 0.15) is 0 Å². The highest BCUT2D eigenvalue weighted by Gasteiger charge is 2.03. The molecule has 0 spiro atoms. The number of thiophene rings is 1. The molecule has 0 aliphatic carbocycles. The van der Waals surface area contributed by atoms with Crippen LogP contribution in [-0.4, -0.2) is 12.1 Å². The van der Waals surface area contributed by atoms with Crippen molar-refractivity contribution in [3.63, 3.8) is 0 Å². The Kier molecular flexibility index (Phi) is 3.26. The Balaban J connectivity index is 2.08. The molecule has 16 heavy (non-hydrogen) atoms. The third-order valence-corrected chi connectivity index (χ3v) is 3.00. The highest BCUT2D eigenvalue weighted by molar-refractivity contribution is 7.09. The van der Waals surface area contributed by atoms with Crippen LogP contribution < -0.4 is 15.8 Å². The minimum Gasteiger partial charge on any atom is -0.481 e. The average molecular weight is 235 g/mol. The zero-order valence-electron chi connectivity index (χ0n) is 8.93. The lowest BCUT2D eigenvalue weighted by Gasteiger charge is -2.08. The van der Waals surface area contributed by atoms with Gasteiger partial charge in [-0.1, -0.05) is 6.07 Å². The van der Waals surface area contributed by atoms with E-state index in [4.69, 9.17) is 10.5 Å². The second-order valence-electron chi connectivity index (χ2n) is 3.22. The maximum atomic E-state index is 5.81. The number of aromatic nitrogens is 1. The summed E-state index contributed by atoms with van der Waals surface area (Å²) in [4.78, 5) is 5.48. The smallest absolute Gasteiger partial charge is 0.215 e. The van der Waals surface area contributed by atoms with E-state index in [1.807, 2.05) is 11.4 Å². The van der Waals surface area contributed by atoms with Crippen LogP contribution >= 0.6 is 11.3 Å². The van der Waals surface area contributed by atoms with Crippen LogP contribution in [0.15, 0.2) is 29.6 Å². The monoisotopic (exact) mass is 235 g/mol. The SMILES string of the molecule is COc1ccc(N)c(NCc2cccs2)n1. The number of pyridine rings is 1. The molecule has 5 heteroatoms. The molecule has 2 aromatic rings. The number of nitrogens with two attached hydrogens (primary N) is 1. The number of rotatable bonds is 4. The summed E-state index contributed by atoms with van der Waals surface area (Å²) in [6.07, 6.45) is 0. The summed E-state index contributed by atoms with van der Waals surface area (Å²) in [6.45, 7) is 0.724. The molecule has 0 fully saturated rings. The van der Waals surface area contributed by atoms with Crippen molar-refractivity contribution in [3.05, 3.63) is 34.5 Å². The van der Waals surface area contributed by atoms with Gasteiger partial charge in [-0.2, -0.15) is 4.98 Å². The van der Waals surface area contributed by atoms with Crippen LogP contribution in [0.5, 0.6) is 5.88 Å². The van der Waals surface area contributed by atoms with E-state index in [9.17, 15) is 0 Å². The van der Waals surface area contributed by atoms with Crippen LogP contribution in [-0.2, 0) is 6.54 Å². The molecule has 2 aromatic heterocycles. The van der Waals surface area contributed by atoms with Gasteiger partial charge < -0.3 is 15.8 Å². The molecule has 4 nitrogen and oxygen atoms in total. The second kappa shape index (κ2) is 4.85. The standard InChI is InChI=1S/C11H13N3OS/c1-15-10-5-4-9(12)11(14-10)13-7-8-3-2-6-16-8/h2-6H,7,12H2,1H3,(H,13,14). The van der Waals surface area contributed by atoms with E-state index in [0.717, 1.165) is 6.54 Å². The summed E-state index contributed by atoms with van der Waals surface area (Å²) in [7, 11) is 1.58. The second-order valence-corrected chi connectivity index (χ2v) is 4.26. The summed E-state index contributed by atoms with van der Waals surface area (Å²) in [5.74, 6) is 1.22. The van der Waals surface area contributed by atoms with Gasteiger partial charge in [0.25, 0.3) is 0 Å². The van der Waals surface area contributed by atoms with Gasteiger partial charge in [0.05, 0.1) is 19.3 Å². The normalized spacial score (nSPS) is 10.1. The Labute approximate surface area is 98.1 Å². The van der Waals surface area contributed by atoms with Gasteiger partial charge in [0.15, 0.2) is 5.82 Å². The van der Waals surface area contributed by atoms with Crippen molar-refractivity contribution in [3.8, 4) is 5.88 Å². The first-order valence-corrected chi connectivity index (χ1v) is 5.74. The third kappa shape index (κ3) is 2.43. The van der Waals surface area contributed by atoms with Crippen molar-refractivity contribution in [1.82, 2.24) is 4.98 Å². The van der Waals surface area contributed by atoms with Gasteiger partial charge in [-0.15, -0.1) is 11.3 Å². The fourth-order valence-corrected chi connectivity index (χ4v) is 1.94. The maximum absolute atomic E-state index is 5.81. The van der Waals surface area contributed by atoms with Crippen molar-refractivity contribution in [1.29, 1.82) is 0 Å². The highest BCUT2D eigenvalue weighted by atomic mass is 32.1. The zero-order valence-corrected chi connectivity index (χ0v) is 9.75. The van der Waals surface area contributed by atoms with Crippen LogP contribution in [0.2, 0.25) is 0 Å². The van der Waals surface area contributed by atoms with E-state index in [2.05, 4.69) is 16.4 Å². The van der Waals surface area contributed by atoms with Crippen molar-refractivity contribution in [2.24, 2.45) is 0 Å². The summed E-state index contributed by atoms with van der Waals surface area (Å²) in [5.41, 5.74) is 6.43. The fraction of sp³-hybridized carbons (Fsp3) is 0.182. The van der Waals surface area contributed by atoms with Crippen LogP contribution in [0.25, 0.3) is 0 Å². The molecule has 2 heterocycles. The number of ether oxygens (including phenoxy) is 1. The predicted octanol–water partition coefficient (Wildman–Crippen LogP) is 2.35. The van der Waals surface area contributed by atoms with Crippen LogP contribution in [0.1, 0.15) is 4.88 Å². The summed E-state index contributed by atoms with van der Waals surface area (Å²) in [5, 5.41) is 5.23. The first kappa shape index (κ1) is 10.8. The van der Waals surface area contributed by atoms with Crippen molar-refractivity contribution >= 4 is 22.8 Å². The first-order chi connectivity index (χ1) is 7.79. The van der Waals surface area contributed by atoms with Gasteiger partial charge in [0, 0.05) is 10.9 Å². The number of methoxy groups -OCH3 is 1. The quantitative estimate of drug-likeness (QED) is 0.854. The number of hydrogen-bond donors (Lipinski definition) is 2.